The highest BCUT2D eigenvalue weighted by Crippen LogP contribution is 2.25. The van der Waals surface area contributed by atoms with Crippen LogP contribution in [-0.4, -0.2) is 24.6 Å². The molecule has 0 aliphatic rings. The Morgan fingerprint density at radius 2 is 1.67 bits per heavy atom. The summed E-state index contributed by atoms with van der Waals surface area (Å²) < 4.78 is 2.10. The average Bonchev–Trinajstić information content (AvgIpc) is 3.20. The highest BCUT2D eigenvalue weighted by atomic mass is 16.1. The first-order valence-electron chi connectivity index (χ1n) is 9.25. The second-order valence-corrected chi connectivity index (χ2v) is 7.04. The number of nitrogens with zero attached hydrogens (tertiary/aromatic N) is 2. The molecule has 1 N–H and O–H groups in total. The molecule has 1 unspecified atom stereocenters. The molecule has 2 aromatic carbocycles. The lowest BCUT2D eigenvalue weighted by Gasteiger charge is -2.21. The number of rotatable bonds is 7. The van der Waals surface area contributed by atoms with Crippen molar-refractivity contribution in [3.63, 3.8) is 0 Å². The molecule has 4 nitrogen and oxygen atoms in total. The smallest absolute Gasteiger partial charge is 0.222 e. The largest absolute Gasteiger partial charge is 0.378 e. The van der Waals surface area contributed by atoms with Crippen LogP contribution in [-0.2, 0) is 11.3 Å². The molecule has 0 saturated carbocycles. The second-order valence-electron chi connectivity index (χ2n) is 7.04. The lowest BCUT2D eigenvalue weighted by atomic mass is 9.98. The van der Waals surface area contributed by atoms with Crippen molar-refractivity contribution in [2.24, 2.45) is 0 Å². The predicted molar refractivity (Wildman–Crippen MR) is 111 cm³/mol. The molecule has 0 aliphatic heterocycles. The minimum absolute atomic E-state index is 0.00248. The van der Waals surface area contributed by atoms with Crippen molar-refractivity contribution in [1.82, 2.24) is 9.88 Å². The Morgan fingerprint density at radius 3 is 2.30 bits per heavy atom. The van der Waals surface area contributed by atoms with Gasteiger partial charge in [0.2, 0.25) is 5.91 Å². The van der Waals surface area contributed by atoms with E-state index in [2.05, 4.69) is 58.1 Å². The summed E-state index contributed by atoms with van der Waals surface area (Å²) in [7, 11) is 4.04. The van der Waals surface area contributed by atoms with Crippen molar-refractivity contribution in [2.45, 2.75) is 25.9 Å². The summed E-state index contributed by atoms with van der Waals surface area (Å²) in [6.07, 6.45) is 4.45. The Balaban J connectivity index is 1.67. The SMILES string of the molecule is Cc1ccccc1C(CC(=O)NCc1ccc(N(C)C)cc1)n1cccc1. The van der Waals surface area contributed by atoms with Gasteiger partial charge in [0.25, 0.3) is 0 Å². The predicted octanol–water partition coefficient (Wildman–Crippen LogP) is 4.16. The van der Waals surface area contributed by atoms with Crippen LogP contribution in [0, 0.1) is 6.92 Å². The summed E-state index contributed by atoms with van der Waals surface area (Å²) in [5, 5.41) is 3.06. The van der Waals surface area contributed by atoms with Crippen molar-refractivity contribution < 1.29 is 4.79 Å². The third-order valence-electron chi connectivity index (χ3n) is 4.86. The molecular formula is C23H27N3O. The van der Waals surface area contributed by atoms with Crippen LogP contribution < -0.4 is 10.2 Å². The first kappa shape index (κ1) is 18.8. The number of hydrogen-bond acceptors (Lipinski definition) is 2. The summed E-state index contributed by atoms with van der Waals surface area (Å²) in [6.45, 7) is 2.63. The number of hydrogen-bond donors (Lipinski definition) is 1. The maximum absolute atomic E-state index is 12.6. The lowest BCUT2D eigenvalue weighted by molar-refractivity contribution is -0.121. The number of nitrogens with one attached hydrogen (secondary N) is 1. The summed E-state index contributed by atoms with van der Waals surface area (Å²) in [6, 6.07) is 20.5. The quantitative estimate of drug-likeness (QED) is 0.686. The van der Waals surface area contributed by atoms with Gasteiger partial charge in [-0.1, -0.05) is 36.4 Å². The van der Waals surface area contributed by atoms with E-state index in [1.165, 1.54) is 11.1 Å². The van der Waals surface area contributed by atoms with Gasteiger partial charge in [0, 0.05) is 38.7 Å². The standard InChI is InChI=1S/C23H27N3O/c1-18-8-4-5-9-21(18)22(26-14-6-7-15-26)16-23(27)24-17-19-10-12-20(13-11-19)25(2)3/h4-15,22H,16-17H2,1-3H3,(H,24,27). The highest BCUT2D eigenvalue weighted by molar-refractivity contribution is 5.77. The molecule has 27 heavy (non-hydrogen) atoms. The topological polar surface area (TPSA) is 37.3 Å². The summed E-state index contributed by atoms with van der Waals surface area (Å²) in [5.41, 5.74) is 4.63. The molecule has 0 fully saturated rings. The van der Waals surface area contributed by atoms with Crippen molar-refractivity contribution in [1.29, 1.82) is 0 Å². The summed E-state index contributed by atoms with van der Waals surface area (Å²) >= 11 is 0. The Morgan fingerprint density at radius 1 is 1.00 bits per heavy atom. The van der Waals surface area contributed by atoms with Crippen LogP contribution in [0.1, 0.15) is 29.2 Å². The molecule has 3 aromatic rings. The molecule has 1 heterocycles. The molecule has 0 spiro atoms. The molecule has 1 atom stereocenters. The summed E-state index contributed by atoms with van der Waals surface area (Å²) in [5.74, 6) is 0.0497. The van der Waals surface area contributed by atoms with Crippen LogP contribution in [0.4, 0.5) is 5.69 Å². The fraction of sp³-hybridized carbons (Fsp3) is 0.261. The molecular weight excluding hydrogens is 334 g/mol. The van der Waals surface area contributed by atoms with Crippen LogP contribution >= 0.6 is 0 Å². The van der Waals surface area contributed by atoms with Crippen molar-refractivity contribution in [2.75, 3.05) is 19.0 Å². The highest BCUT2D eigenvalue weighted by Gasteiger charge is 2.18. The number of benzene rings is 2. The zero-order chi connectivity index (χ0) is 19.2. The fourth-order valence-electron chi connectivity index (χ4n) is 3.25. The van der Waals surface area contributed by atoms with Gasteiger partial charge in [-0.05, 0) is 47.9 Å². The van der Waals surface area contributed by atoms with E-state index in [1.54, 1.807) is 0 Å². The third kappa shape index (κ3) is 4.79. The summed E-state index contributed by atoms with van der Waals surface area (Å²) in [4.78, 5) is 14.7. The molecule has 0 aliphatic carbocycles. The van der Waals surface area contributed by atoms with E-state index < -0.39 is 0 Å². The van der Waals surface area contributed by atoms with Crippen LogP contribution in [0.15, 0.2) is 73.1 Å². The van der Waals surface area contributed by atoms with E-state index in [-0.39, 0.29) is 11.9 Å². The monoisotopic (exact) mass is 361 g/mol. The molecule has 4 heteroatoms. The average molecular weight is 361 g/mol. The fourth-order valence-corrected chi connectivity index (χ4v) is 3.25. The lowest BCUT2D eigenvalue weighted by Crippen LogP contribution is -2.26. The van der Waals surface area contributed by atoms with E-state index in [0.717, 1.165) is 11.3 Å². The van der Waals surface area contributed by atoms with Gasteiger partial charge in [-0.15, -0.1) is 0 Å². The van der Waals surface area contributed by atoms with E-state index in [4.69, 9.17) is 0 Å². The van der Waals surface area contributed by atoms with Crippen LogP contribution in [0.2, 0.25) is 0 Å². The van der Waals surface area contributed by atoms with E-state index >= 15 is 0 Å². The van der Waals surface area contributed by atoms with Gasteiger partial charge in [-0.25, -0.2) is 0 Å². The zero-order valence-electron chi connectivity index (χ0n) is 16.2. The Bertz CT molecular complexity index is 867. The van der Waals surface area contributed by atoms with Crippen LogP contribution in [0.3, 0.4) is 0 Å². The Kier molecular flexibility index (Phi) is 5.97. The van der Waals surface area contributed by atoms with Gasteiger partial charge in [0.05, 0.1) is 12.5 Å². The normalized spacial score (nSPS) is 11.8. The molecule has 3 rings (SSSR count). The number of amides is 1. The minimum Gasteiger partial charge on any atom is -0.378 e. The van der Waals surface area contributed by atoms with Gasteiger partial charge >= 0.3 is 0 Å². The van der Waals surface area contributed by atoms with Crippen LogP contribution in [0.5, 0.6) is 0 Å². The molecule has 0 saturated heterocycles. The first-order chi connectivity index (χ1) is 13.0. The van der Waals surface area contributed by atoms with E-state index in [9.17, 15) is 4.79 Å². The number of carbonyl (C=O) groups excluding carboxylic acids is 1. The molecule has 1 amide bonds. The van der Waals surface area contributed by atoms with Gasteiger partial charge in [-0.3, -0.25) is 4.79 Å². The maximum Gasteiger partial charge on any atom is 0.222 e. The van der Waals surface area contributed by atoms with Crippen molar-refractivity contribution in [3.8, 4) is 0 Å². The number of carbonyl (C=O) groups is 1. The number of aromatic nitrogens is 1. The molecule has 0 bridgehead atoms. The van der Waals surface area contributed by atoms with Gasteiger partial charge in [0.15, 0.2) is 0 Å². The first-order valence-corrected chi connectivity index (χ1v) is 9.25. The van der Waals surface area contributed by atoms with Gasteiger partial charge in [-0.2, -0.15) is 0 Å². The maximum atomic E-state index is 12.6. The number of anilines is 1. The molecule has 0 radical (unpaired) electrons. The molecule has 1 aromatic heterocycles. The Hall–Kier alpha value is -3.01. The van der Waals surface area contributed by atoms with Gasteiger partial charge in [0.1, 0.15) is 0 Å². The minimum atomic E-state index is -0.00248. The Labute approximate surface area is 161 Å². The zero-order valence-corrected chi connectivity index (χ0v) is 16.2. The van der Waals surface area contributed by atoms with Crippen molar-refractivity contribution >= 4 is 11.6 Å². The second kappa shape index (κ2) is 8.58. The van der Waals surface area contributed by atoms with Gasteiger partial charge < -0.3 is 14.8 Å². The van der Waals surface area contributed by atoms with E-state index in [0.29, 0.717) is 13.0 Å². The van der Waals surface area contributed by atoms with Crippen LogP contribution in [0.25, 0.3) is 0 Å². The third-order valence-corrected chi connectivity index (χ3v) is 4.86. The van der Waals surface area contributed by atoms with E-state index in [1.807, 2.05) is 50.8 Å². The van der Waals surface area contributed by atoms with Crippen molar-refractivity contribution in [3.05, 3.63) is 89.7 Å². The number of aryl methyl sites for hydroxylation is 1. The molecule has 140 valence electrons.